The highest BCUT2D eigenvalue weighted by molar-refractivity contribution is 6.35. The number of allylic oxidation sites excluding steroid dienone is 1. The van der Waals surface area contributed by atoms with E-state index in [1.165, 1.54) is 6.08 Å². The second-order valence-electron chi connectivity index (χ2n) is 4.11. The molecule has 0 aliphatic carbocycles. The molecule has 0 aliphatic rings. The Morgan fingerprint density at radius 2 is 1.85 bits per heavy atom. The maximum absolute atomic E-state index is 8.79. The highest BCUT2D eigenvalue weighted by Crippen LogP contribution is 2.31. The third kappa shape index (κ3) is 2.70. The second-order valence-corrected chi connectivity index (χ2v) is 4.95. The van der Waals surface area contributed by atoms with E-state index in [2.05, 4.69) is 0 Å². The van der Waals surface area contributed by atoms with Crippen molar-refractivity contribution in [1.29, 1.82) is 10.5 Å². The molecule has 0 aliphatic heterocycles. The molecule has 0 radical (unpaired) electrons. The SMILES string of the molecule is Cn1c(C=C(C#N)C#N)ccc1-c1cc(Cl)ccc1Cl. The minimum Gasteiger partial charge on any atom is -0.344 e. The molecule has 0 spiro atoms. The summed E-state index contributed by atoms with van der Waals surface area (Å²) in [4.78, 5) is 0. The van der Waals surface area contributed by atoms with Crippen molar-refractivity contribution in [2.45, 2.75) is 0 Å². The summed E-state index contributed by atoms with van der Waals surface area (Å²) in [6.07, 6.45) is 1.53. The molecule has 1 heterocycles. The van der Waals surface area contributed by atoms with Gasteiger partial charge in [0, 0.05) is 34.0 Å². The van der Waals surface area contributed by atoms with Gasteiger partial charge in [0.25, 0.3) is 0 Å². The topological polar surface area (TPSA) is 52.5 Å². The Morgan fingerprint density at radius 1 is 1.15 bits per heavy atom. The molecule has 0 atom stereocenters. The summed E-state index contributed by atoms with van der Waals surface area (Å²) in [5, 5.41) is 18.8. The Balaban J connectivity index is 2.55. The largest absolute Gasteiger partial charge is 0.344 e. The number of aromatic nitrogens is 1. The summed E-state index contributed by atoms with van der Waals surface area (Å²) < 4.78 is 1.85. The zero-order valence-corrected chi connectivity index (χ0v) is 12.1. The first-order valence-electron chi connectivity index (χ1n) is 5.70. The molecule has 20 heavy (non-hydrogen) atoms. The number of hydrogen-bond donors (Lipinski definition) is 0. The smallest absolute Gasteiger partial charge is 0.131 e. The van der Waals surface area contributed by atoms with E-state index in [1.807, 2.05) is 35.9 Å². The highest BCUT2D eigenvalue weighted by atomic mass is 35.5. The van der Waals surface area contributed by atoms with E-state index in [0.717, 1.165) is 17.0 Å². The molecule has 3 nitrogen and oxygen atoms in total. The number of benzene rings is 1. The van der Waals surface area contributed by atoms with E-state index in [0.29, 0.717) is 10.0 Å². The van der Waals surface area contributed by atoms with Crippen LogP contribution in [-0.4, -0.2) is 4.57 Å². The lowest BCUT2D eigenvalue weighted by atomic mass is 10.1. The molecule has 1 aromatic carbocycles. The molecule has 2 aromatic rings. The molecule has 5 heteroatoms. The fourth-order valence-electron chi connectivity index (χ4n) is 1.87. The van der Waals surface area contributed by atoms with E-state index in [4.69, 9.17) is 33.7 Å². The van der Waals surface area contributed by atoms with E-state index >= 15 is 0 Å². The molecule has 2 rings (SSSR count). The molecule has 0 fully saturated rings. The number of halogens is 2. The van der Waals surface area contributed by atoms with Gasteiger partial charge in [-0.1, -0.05) is 23.2 Å². The summed E-state index contributed by atoms with van der Waals surface area (Å²) in [6.45, 7) is 0. The molecule has 0 unspecified atom stereocenters. The Hall–Kier alpha value is -2.20. The zero-order valence-electron chi connectivity index (χ0n) is 10.6. The van der Waals surface area contributed by atoms with Gasteiger partial charge in [0.05, 0.1) is 0 Å². The average Bonchev–Trinajstić information content (AvgIpc) is 2.80. The predicted octanol–water partition coefficient (Wildman–Crippen LogP) is 4.43. The Kier molecular flexibility index (Phi) is 4.15. The van der Waals surface area contributed by atoms with Crippen molar-refractivity contribution in [2.24, 2.45) is 7.05 Å². The van der Waals surface area contributed by atoms with Crippen LogP contribution in [0.1, 0.15) is 5.69 Å². The normalized spacial score (nSPS) is 9.65. The summed E-state index contributed by atoms with van der Waals surface area (Å²) in [6, 6.07) is 12.6. The number of rotatable bonds is 2. The average molecular weight is 302 g/mol. The van der Waals surface area contributed by atoms with Gasteiger partial charge in [-0.2, -0.15) is 10.5 Å². The lowest BCUT2D eigenvalue weighted by molar-refractivity contribution is 0.923. The molecule has 0 saturated heterocycles. The minimum atomic E-state index is 0.0509. The van der Waals surface area contributed by atoms with Crippen LogP contribution in [0, 0.1) is 22.7 Å². The van der Waals surface area contributed by atoms with E-state index in [9.17, 15) is 0 Å². The van der Waals surface area contributed by atoms with Gasteiger partial charge in [-0.25, -0.2) is 0 Å². The second kappa shape index (κ2) is 5.84. The first kappa shape index (κ1) is 14.2. The first-order chi connectivity index (χ1) is 9.56. The minimum absolute atomic E-state index is 0.0509. The van der Waals surface area contributed by atoms with Crippen LogP contribution >= 0.6 is 23.2 Å². The van der Waals surface area contributed by atoms with E-state index < -0.39 is 0 Å². The molecule has 98 valence electrons. The summed E-state index contributed by atoms with van der Waals surface area (Å²) in [5.74, 6) is 0. The summed E-state index contributed by atoms with van der Waals surface area (Å²) >= 11 is 12.2. The van der Waals surface area contributed by atoms with Crippen LogP contribution in [0.15, 0.2) is 35.9 Å². The van der Waals surface area contributed by atoms with Crippen LogP contribution in [0.25, 0.3) is 17.3 Å². The van der Waals surface area contributed by atoms with Gasteiger partial charge in [-0.05, 0) is 36.4 Å². The fraction of sp³-hybridized carbons (Fsp3) is 0.0667. The van der Waals surface area contributed by atoms with Gasteiger partial charge in [0.2, 0.25) is 0 Å². The van der Waals surface area contributed by atoms with Crippen LogP contribution in [0.5, 0.6) is 0 Å². The van der Waals surface area contributed by atoms with Crippen LogP contribution in [0.2, 0.25) is 10.0 Å². The fourth-order valence-corrected chi connectivity index (χ4v) is 2.26. The van der Waals surface area contributed by atoms with Gasteiger partial charge in [-0.3, -0.25) is 0 Å². The molecular weight excluding hydrogens is 293 g/mol. The van der Waals surface area contributed by atoms with Crippen molar-refractivity contribution in [2.75, 3.05) is 0 Å². The van der Waals surface area contributed by atoms with Crippen molar-refractivity contribution in [1.82, 2.24) is 4.57 Å². The Morgan fingerprint density at radius 3 is 2.50 bits per heavy atom. The standard InChI is InChI=1S/C15H9Cl2N3/c1-20-12(6-10(8-18)9-19)3-5-15(20)13-7-11(16)2-4-14(13)17/h2-7H,1H3. The molecule has 0 bridgehead atoms. The van der Waals surface area contributed by atoms with Gasteiger partial charge in [0.1, 0.15) is 17.7 Å². The van der Waals surface area contributed by atoms with Crippen LogP contribution in [-0.2, 0) is 7.05 Å². The summed E-state index contributed by atoms with van der Waals surface area (Å²) in [5.41, 5.74) is 2.46. The Labute approximate surface area is 126 Å². The highest BCUT2D eigenvalue weighted by Gasteiger charge is 2.10. The van der Waals surface area contributed by atoms with Crippen molar-refractivity contribution in [3.63, 3.8) is 0 Å². The quantitative estimate of drug-likeness (QED) is 0.771. The van der Waals surface area contributed by atoms with Crippen molar-refractivity contribution < 1.29 is 0 Å². The van der Waals surface area contributed by atoms with Gasteiger partial charge in [-0.15, -0.1) is 0 Å². The molecule has 1 aromatic heterocycles. The molecule has 0 N–H and O–H groups in total. The lowest BCUT2D eigenvalue weighted by Crippen LogP contribution is -1.95. The Bertz CT molecular complexity index is 757. The van der Waals surface area contributed by atoms with E-state index in [1.54, 1.807) is 18.2 Å². The predicted molar refractivity (Wildman–Crippen MR) is 80.1 cm³/mol. The summed E-state index contributed by atoms with van der Waals surface area (Å²) in [7, 11) is 1.84. The van der Waals surface area contributed by atoms with Crippen molar-refractivity contribution >= 4 is 29.3 Å². The third-order valence-electron chi connectivity index (χ3n) is 2.90. The number of nitrogens with zero attached hydrogens (tertiary/aromatic N) is 3. The van der Waals surface area contributed by atoms with Crippen molar-refractivity contribution in [3.05, 3.63) is 51.6 Å². The van der Waals surface area contributed by atoms with E-state index in [-0.39, 0.29) is 5.57 Å². The molecular formula is C15H9Cl2N3. The first-order valence-corrected chi connectivity index (χ1v) is 6.45. The lowest BCUT2D eigenvalue weighted by Gasteiger charge is -2.08. The zero-order chi connectivity index (χ0) is 14.7. The van der Waals surface area contributed by atoms with Gasteiger partial charge < -0.3 is 4.57 Å². The number of nitriles is 2. The molecule has 0 saturated carbocycles. The van der Waals surface area contributed by atoms with Crippen LogP contribution in [0.3, 0.4) is 0 Å². The van der Waals surface area contributed by atoms with Crippen LogP contribution in [0.4, 0.5) is 0 Å². The van der Waals surface area contributed by atoms with Gasteiger partial charge >= 0.3 is 0 Å². The molecule has 0 amide bonds. The van der Waals surface area contributed by atoms with Crippen molar-refractivity contribution in [3.8, 4) is 23.4 Å². The number of hydrogen-bond acceptors (Lipinski definition) is 2. The van der Waals surface area contributed by atoms with Crippen LogP contribution < -0.4 is 0 Å². The van der Waals surface area contributed by atoms with Gasteiger partial charge in [0.15, 0.2) is 0 Å². The maximum Gasteiger partial charge on any atom is 0.131 e. The monoisotopic (exact) mass is 301 g/mol. The maximum atomic E-state index is 8.79. The third-order valence-corrected chi connectivity index (χ3v) is 3.46.